The van der Waals surface area contributed by atoms with E-state index in [0.717, 1.165) is 15.7 Å². The van der Waals surface area contributed by atoms with E-state index in [1.807, 2.05) is 48.9 Å². The molecule has 0 bridgehead atoms. The van der Waals surface area contributed by atoms with Gasteiger partial charge in [-0.3, -0.25) is 4.79 Å². The number of carbonyl (C=O) groups is 1. The fourth-order valence-electron chi connectivity index (χ4n) is 3.07. The van der Waals surface area contributed by atoms with Gasteiger partial charge in [-0.2, -0.15) is 0 Å². The van der Waals surface area contributed by atoms with Crippen LogP contribution in [0.1, 0.15) is 28.4 Å². The molecule has 2 aromatic carbocycles. The largest absolute Gasteiger partial charge is 0.322 e. The lowest BCUT2D eigenvalue weighted by Gasteiger charge is -2.14. The Bertz CT molecular complexity index is 852. The van der Waals surface area contributed by atoms with Gasteiger partial charge in [0.1, 0.15) is 0 Å². The van der Waals surface area contributed by atoms with Crippen LogP contribution in [-0.4, -0.2) is 15.3 Å². The first-order chi connectivity index (χ1) is 10.7. The Morgan fingerprint density at radius 3 is 2.73 bits per heavy atom. The second-order valence-corrected chi connectivity index (χ2v) is 6.34. The third kappa shape index (κ3) is 2.11. The molecule has 0 saturated carbocycles. The maximum Gasteiger partial charge on any atom is 0.165 e. The van der Waals surface area contributed by atoms with Crippen LogP contribution in [-0.2, 0) is 0 Å². The SMILES string of the molecule is O=C(CC1c2ccccc2-c2cncn21)c1ccc(Br)cc1. The number of halogens is 1. The summed E-state index contributed by atoms with van der Waals surface area (Å²) in [6.45, 7) is 0. The first kappa shape index (κ1) is 13.5. The monoisotopic (exact) mass is 352 g/mol. The lowest BCUT2D eigenvalue weighted by molar-refractivity contribution is 0.0970. The molecule has 0 aliphatic carbocycles. The molecule has 1 atom stereocenters. The van der Waals surface area contributed by atoms with Crippen molar-refractivity contribution in [2.24, 2.45) is 0 Å². The Kier molecular flexibility index (Phi) is 3.19. The van der Waals surface area contributed by atoms with Crippen molar-refractivity contribution in [1.82, 2.24) is 9.55 Å². The summed E-state index contributed by atoms with van der Waals surface area (Å²) < 4.78 is 3.08. The first-order valence-corrected chi connectivity index (χ1v) is 7.93. The second kappa shape index (κ2) is 5.21. The number of Topliss-reactive ketones (excluding diaryl/α,β-unsaturated/α-hetero) is 1. The zero-order chi connectivity index (χ0) is 15.1. The number of hydrogen-bond donors (Lipinski definition) is 0. The zero-order valence-corrected chi connectivity index (χ0v) is 13.3. The van der Waals surface area contributed by atoms with E-state index in [-0.39, 0.29) is 11.8 Å². The van der Waals surface area contributed by atoms with Gasteiger partial charge in [-0.25, -0.2) is 4.98 Å². The normalized spacial score (nSPS) is 15.4. The Balaban J connectivity index is 1.69. The van der Waals surface area contributed by atoms with Gasteiger partial charge in [-0.1, -0.05) is 52.3 Å². The molecule has 3 nitrogen and oxygen atoms in total. The van der Waals surface area contributed by atoms with E-state index in [2.05, 4.69) is 37.6 Å². The molecule has 2 heterocycles. The minimum absolute atomic E-state index is 0.0323. The quantitative estimate of drug-likeness (QED) is 0.651. The number of ketones is 1. The molecule has 0 spiro atoms. The van der Waals surface area contributed by atoms with E-state index >= 15 is 0 Å². The molecular weight excluding hydrogens is 340 g/mol. The van der Waals surface area contributed by atoms with E-state index in [4.69, 9.17) is 0 Å². The molecule has 0 amide bonds. The van der Waals surface area contributed by atoms with Crippen LogP contribution in [0.5, 0.6) is 0 Å². The molecule has 22 heavy (non-hydrogen) atoms. The third-order valence-corrected chi connectivity index (χ3v) is 4.67. The van der Waals surface area contributed by atoms with Gasteiger partial charge >= 0.3 is 0 Å². The number of hydrogen-bond acceptors (Lipinski definition) is 2. The number of fused-ring (bicyclic) bond motifs is 3. The van der Waals surface area contributed by atoms with Crippen molar-refractivity contribution in [3.05, 3.63) is 76.7 Å². The molecule has 3 aromatic rings. The van der Waals surface area contributed by atoms with Crippen LogP contribution in [0.4, 0.5) is 0 Å². The van der Waals surface area contributed by atoms with Crippen molar-refractivity contribution in [1.29, 1.82) is 0 Å². The highest BCUT2D eigenvalue weighted by Gasteiger charge is 2.29. The lowest BCUT2D eigenvalue weighted by Crippen LogP contribution is -2.11. The minimum atomic E-state index is 0.0323. The highest BCUT2D eigenvalue weighted by atomic mass is 79.9. The number of rotatable bonds is 3. The standard InChI is InChI=1S/C18H13BrN2O/c19-13-7-5-12(6-8-13)18(22)9-16-14-3-1-2-4-15(14)17-10-20-11-21(16)17/h1-8,10-11,16H,9H2. The fraction of sp³-hybridized carbons (Fsp3) is 0.111. The van der Waals surface area contributed by atoms with Gasteiger partial charge in [0.25, 0.3) is 0 Å². The van der Waals surface area contributed by atoms with Crippen LogP contribution in [0.25, 0.3) is 11.3 Å². The maximum absolute atomic E-state index is 12.6. The molecule has 4 heteroatoms. The van der Waals surface area contributed by atoms with Crippen LogP contribution in [0, 0.1) is 0 Å². The number of aromatic nitrogens is 2. The summed E-state index contributed by atoms with van der Waals surface area (Å²) in [6, 6.07) is 15.8. The van der Waals surface area contributed by atoms with Crippen LogP contribution < -0.4 is 0 Å². The van der Waals surface area contributed by atoms with Crippen molar-refractivity contribution in [3.63, 3.8) is 0 Å². The smallest absolute Gasteiger partial charge is 0.165 e. The van der Waals surface area contributed by atoms with Crippen molar-refractivity contribution >= 4 is 21.7 Å². The molecule has 1 aliphatic rings. The van der Waals surface area contributed by atoms with E-state index < -0.39 is 0 Å². The number of nitrogens with zero attached hydrogens (tertiary/aromatic N) is 2. The highest BCUT2D eigenvalue weighted by Crippen LogP contribution is 2.41. The van der Waals surface area contributed by atoms with E-state index in [1.165, 1.54) is 11.1 Å². The Morgan fingerprint density at radius 1 is 1.14 bits per heavy atom. The predicted octanol–water partition coefficient (Wildman–Crippen LogP) is 4.49. The predicted molar refractivity (Wildman–Crippen MR) is 88.9 cm³/mol. The summed E-state index contributed by atoms with van der Waals surface area (Å²) in [7, 11) is 0. The second-order valence-electron chi connectivity index (χ2n) is 5.42. The maximum atomic E-state index is 12.6. The van der Waals surface area contributed by atoms with Crippen LogP contribution in [0.15, 0.2) is 65.5 Å². The van der Waals surface area contributed by atoms with Crippen LogP contribution in [0.3, 0.4) is 0 Å². The average molecular weight is 353 g/mol. The van der Waals surface area contributed by atoms with Crippen molar-refractivity contribution in [2.75, 3.05) is 0 Å². The van der Waals surface area contributed by atoms with E-state index in [1.54, 1.807) is 0 Å². The topological polar surface area (TPSA) is 34.9 Å². The molecule has 0 saturated heterocycles. The lowest BCUT2D eigenvalue weighted by atomic mass is 9.97. The molecule has 1 aromatic heterocycles. The van der Waals surface area contributed by atoms with Gasteiger partial charge in [-0.15, -0.1) is 0 Å². The molecule has 4 rings (SSSR count). The van der Waals surface area contributed by atoms with Gasteiger partial charge in [0, 0.05) is 22.0 Å². The zero-order valence-electron chi connectivity index (χ0n) is 11.7. The molecule has 0 fully saturated rings. The van der Waals surface area contributed by atoms with Crippen molar-refractivity contribution in [3.8, 4) is 11.3 Å². The van der Waals surface area contributed by atoms with Gasteiger partial charge < -0.3 is 4.57 Å². The molecule has 1 unspecified atom stereocenters. The summed E-state index contributed by atoms with van der Waals surface area (Å²) in [5.74, 6) is 0.147. The molecule has 108 valence electrons. The summed E-state index contributed by atoms with van der Waals surface area (Å²) in [5.41, 5.74) is 4.21. The molecule has 0 N–H and O–H groups in total. The summed E-state index contributed by atoms with van der Waals surface area (Å²) in [6.07, 6.45) is 4.12. The van der Waals surface area contributed by atoms with Crippen molar-refractivity contribution in [2.45, 2.75) is 12.5 Å². The van der Waals surface area contributed by atoms with Gasteiger partial charge in [-0.05, 0) is 17.7 Å². The highest BCUT2D eigenvalue weighted by molar-refractivity contribution is 9.10. The third-order valence-electron chi connectivity index (χ3n) is 4.14. The fourth-order valence-corrected chi connectivity index (χ4v) is 3.33. The van der Waals surface area contributed by atoms with Gasteiger partial charge in [0.15, 0.2) is 5.78 Å². The number of carbonyl (C=O) groups excluding carboxylic acids is 1. The van der Waals surface area contributed by atoms with E-state index in [0.29, 0.717) is 6.42 Å². The Hall–Kier alpha value is -2.20. The van der Waals surface area contributed by atoms with Gasteiger partial charge in [0.05, 0.1) is 24.3 Å². The Morgan fingerprint density at radius 2 is 1.91 bits per heavy atom. The summed E-state index contributed by atoms with van der Waals surface area (Å²) in [4.78, 5) is 16.8. The molecular formula is C18H13BrN2O. The van der Waals surface area contributed by atoms with E-state index in [9.17, 15) is 4.79 Å². The van der Waals surface area contributed by atoms with Gasteiger partial charge in [0.2, 0.25) is 0 Å². The van der Waals surface area contributed by atoms with Crippen LogP contribution >= 0.6 is 15.9 Å². The minimum Gasteiger partial charge on any atom is -0.322 e. The average Bonchev–Trinajstić information content (AvgIpc) is 3.11. The first-order valence-electron chi connectivity index (χ1n) is 7.14. The number of benzene rings is 2. The number of imidazole rings is 1. The molecule has 0 radical (unpaired) electrons. The Labute approximate surface area is 136 Å². The molecule has 1 aliphatic heterocycles. The van der Waals surface area contributed by atoms with Crippen molar-refractivity contribution < 1.29 is 4.79 Å². The summed E-state index contributed by atoms with van der Waals surface area (Å²) in [5, 5.41) is 0. The summed E-state index contributed by atoms with van der Waals surface area (Å²) >= 11 is 3.40. The van der Waals surface area contributed by atoms with Crippen LogP contribution in [0.2, 0.25) is 0 Å².